The summed E-state index contributed by atoms with van der Waals surface area (Å²) in [7, 11) is 0. The van der Waals surface area contributed by atoms with Gasteiger partial charge in [-0.1, -0.05) is 35.9 Å². The van der Waals surface area contributed by atoms with Crippen molar-refractivity contribution in [1.29, 1.82) is 0 Å². The highest BCUT2D eigenvalue weighted by Gasteiger charge is 2.25. The lowest BCUT2D eigenvalue weighted by Gasteiger charge is -2.34. The molecular weight excluding hydrogens is 460 g/mol. The smallest absolute Gasteiger partial charge is 0.328 e. The number of fused-ring (bicyclic) bond motifs is 1. The average Bonchev–Trinajstić information content (AvgIpc) is 3.31. The van der Waals surface area contributed by atoms with Gasteiger partial charge in [0.25, 0.3) is 11.5 Å². The van der Waals surface area contributed by atoms with Crippen LogP contribution in [0.3, 0.4) is 0 Å². The number of halogens is 1. The highest BCUT2D eigenvalue weighted by atomic mass is 35.5. The number of piperazine rings is 1. The van der Waals surface area contributed by atoms with E-state index in [1.807, 2.05) is 18.2 Å². The van der Waals surface area contributed by atoms with Gasteiger partial charge in [0.1, 0.15) is 5.56 Å². The molecule has 0 unspecified atom stereocenters. The monoisotopic (exact) mass is 482 g/mol. The molecule has 0 radical (unpaired) electrons. The van der Waals surface area contributed by atoms with Gasteiger partial charge in [-0.2, -0.15) is 0 Å². The minimum atomic E-state index is -0.628. The van der Waals surface area contributed by atoms with Crippen LogP contribution >= 0.6 is 11.6 Å². The maximum atomic E-state index is 13.1. The number of nitrogens with one attached hydrogen (secondary N) is 1. The summed E-state index contributed by atoms with van der Waals surface area (Å²) in [6.45, 7) is 3.23. The quantitative estimate of drug-likeness (QED) is 0.597. The van der Waals surface area contributed by atoms with Crippen LogP contribution in [-0.4, -0.2) is 58.2 Å². The molecule has 34 heavy (non-hydrogen) atoms. The Morgan fingerprint density at radius 1 is 0.971 bits per heavy atom. The van der Waals surface area contributed by atoms with E-state index in [9.17, 15) is 14.4 Å². The van der Waals surface area contributed by atoms with Crippen molar-refractivity contribution in [3.05, 3.63) is 91.2 Å². The summed E-state index contributed by atoms with van der Waals surface area (Å²) in [5.74, 6) is 1.11. The molecule has 1 fully saturated rings. The van der Waals surface area contributed by atoms with Gasteiger partial charge in [0.15, 0.2) is 11.5 Å². The van der Waals surface area contributed by atoms with E-state index < -0.39 is 17.2 Å². The lowest BCUT2D eigenvalue weighted by atomic mass is 10.1. The normalized spacial score (nSPS) is 15.5. The van der Waals surface area contributed by atoms with Gasteiger partial charge in [-0.3, -0.25) is 19.1 Å². The minimum Gasteiger partial charge on any atom is -0.454 e. The molecule has 1 N–H and O–H groups in total. The number of carbonyl (C=O) groups excluding carboxylic acids is 1. The summed E-state index contributed by atoms with van der Waals surface area (Å²) in [6.07, 6.45) is 1.20. The van der Waals surface area contributed by atoms with Gasteiger partial charge >= 0.3 is 5.69 Å². The second-order valence-electron chi connectivity index (χ2n) is 8.25. The number of aromatic amines is 1. The average molecular weight is 483 g/mol. The van der Waals surface area contributed by atoms with Crippen molar-refractivity contribution < 1.29 is 14.3 Å². The fourth-order valence-electron chi connectivity index (χ4n) is 4.18. The third-order valence-electron chi connectivity index (χ3n) is 6.08. The fraction of sp³-hybridized carbons (Fsp3) is 0.292. The van der Waals surface area contributed by atoms with Crippen LogP contribution in [0.25, 0.3) is 0 Å². The Hall–Kier alpha value is -3.56. The third-order valence-corrected chi connectivity index (χ3v) is 6.45. The second-order valence-corrected chi connectivity index (χ2v) is 8.65. The molecule has 0 bridgehead atoms. The summed E-state index contributed by atoms with van der Waals surface area (Å²) < 4.78 is 11.8. The van der Waals surface area contributed by atoms with Crippen molar-refractivity contribution >= 4 is 17.5 Å². The largest absolute Gasteiger partial charge is 0.454 e. The SMILES string of the molecule is O=C(c1c[nH]c(=O)n(Cc2ccccc2Cl)c1=O)N1CCN(Cc2ccc3c(c2)OCO3)CC1. The van der Waals surface area contributed by atoms with Crippen molar-refractivity contribution in [2.75, 3.05) is 33.0 Å². The molecule has 10 heteroatoms. The zero-order chi connectivity index (χ0) is 23.7. The molecule has 0 aliphatic carbocycles. The Labute approximate surface area is 200 Å². The summed E-state index contributed by atoms with van der Waals surface area (Å²) in [5, 5.41) is 0.448. The van der Waals surface area contributed by atoms with Gasteiger partial charge in [-0.15, -0.1) is 0 Å². The number of H-pyrrole nitrogens is 1. The van der Waals surface area contributed by atoms with E-state index in [-0.39, 0.29) is 18.9 Å². The van der Waals surface area contributed by atoms with E-state index in [0.29, 0.717) is 36.8 Å². The van der Waals surface area contributed by atoms with Crippen LogP contribution in [0.2, 0.25) is 5.02 Å². The first-order chi connectivity index (χ1) is 16.5. The van der Waals surface area contributed by atoms with Crippen molar-refractivity contribution in [2.24, 2.45) is 0 Å². The fourth-order valence-corrected chi connectivity index (χ4v) is 4.38. The summed E-state index contributed by atoms with van der Waals surface area (Å²) in [4.78, 5) is 44.8. The standard InChI is InChI=1S/C24H23ClN4O5/c25-19-4-2-1-3-17(19)14-29-23(31)18(12-26-24(29)32)22(30)28-9-7-27(8-10-28)13-16-5-6-20-21(11-16)34-15-33-20/h1-6,11-12H,7-10,13-15H2,(H,26,32). The number of rotatable bonds is 5. The van der Waals surface area contributed by atoms with Crippen LogP contribution in [0.4, 0.5) is 0 Å². The Morgan fingerprint density at radius 3 is 2.53 bits per heavy atom. The molecule has 0 atom stereocenters. The Morgan fingerprint density at radius 2 is 1.74 bits per heavy atom. The van der Waals surface area contributed by atoms with Crippen LogP contribution in [0.15, 0.2) is 58.3 Å². The number of aromatic nitrogens is 2. The van der Waals surface area contributed by atoms with Crippen molar-refractivity contribution in [3.8, 4) is 11.5 Å². The number of benzene rings is 2. The number of hydrogen-bond acceptors (Lipinski definition) is 6. The highest BCUT2D eigenvalue weighted by Crippen LogP contribution is 2.32. The van der Waals surface area contributed by atoms with Gasteiger partial charge in [-0.25, -0.2) is 4.79 Å². The zero-order valence-corrected chi connectivity index (χ0v) is 19.1. The Kier molecular flexibility index (Phi) is 6.12. The van der Waals surface area contributed by atoms with Gasteiger partial charge < -0.3 is 19.4 Å². The van der Waals surface area contributed by atoms with E-state index in [2.05, 4.69) is 9.88 Å². The molecule has 1 amide bonds. The number of carbonyl (C=O) groups is 1. The van der Waals surface area contributed by atoms with E-state index in [4.69, 9.17) is 21.1 Å². The molecule has 0 saturated carbocycles. The predicted molar refractivity (Wildman–Crippen MR) is 126 cm³/mol. The van der Waals surface area contributed by atoms with Crippen molar-refractivity contribution in [2.45, 2.75) is 13.1 Å². The van der Waals surface area contributed by atoms with Crippen LogP contribution < -0.4 is 20.7 Å². The van der Waals surface area contributed by atoms with Crippen LogP contribution in [0.1, 0.15) is 21.5 Å². The second kappa shape index (κ2) is 9.36. The first kappa shape index (κ1) is 22.2. The first-order valence-corrected chi connectivity index (χ1v) is 11.3. The first-order valence-electron chi connectivity index (χ1n) is 11.0. The van der Waals surface area contributed by atoms with Crippen LogP contribution in [-0.2, 0) is 13.1 Å². The van der Waals surface area contributed by atoms with E-state index in [1.54, 1.807) is 29.2 Å². The number of ether oxygens (including phenoxy) is 2. The van der Waals surface area contributed by atoms with Crippen molar-refractivity contribution in [3.63, 3.8) is 0 Å². The summed E-state index contributed by atoms with van der Waals surface area (Å²) in [5.41, 5.74) is 0.452. The van der Waals surface area contributed by atoms with Gasteiger partial charge in [0, 0.05) is 43.9 Å². The maximum absolute atomic E-state index is 13.1. The predicted octanol–water partition coefficient (Wildman–Crippen LogP) is 1.92. The number of nitrogens with zero attached hydrogens (tertiary/aromatic N) is 3. The maximum Gasteiger partial charge on any atom is 0.328 e. The lowest BCUT2D eigenvalue weighted by molar-refractivity contribution is 0.0625. The number of hydrogen-bond donors (Lipinski definition) is 1. The van der Waals surface area contributed by atoms with E-state index in [1.165, 1.54) is 6.20 Å². The molecule has 9 nitrogen and oxygen atoms in total. The van der Waals surface area contributed by atoms with Crippen LogP contribution in [0, 0.1) is 0 Å². The molecule has 2 aromatic carbocycles. The summed E-state index contributed by atoms with van der Waals surface area (Å²) in [6, 6.07) is 12.9. The molecule has 3 aromatic rings. The molecule has 2 aliphatic heterocycles. The topological polar surface area (TPSA) is 96.9 Å². The van der Waals surface area contributed by atoms with Gasteiger partial charge in [0.2, 0.25) is 6.79 Å². The molecule has 2 aliphatic rings. The molecule has 1 aromatic heterocycles. The van der Waals surface area contributed by atoms with Crippen LogP contribution in [0.5, 0.6) is 11.5 Å². The molecular formula is C24H23ClN4O5. The minimum absolute atomic E-state index is 0.0156. The molecule has 1 saturated heterocycles. The lowest BCUT2D eigenvalue weighted by Crippen LogP contribution is -2.50. The Bertz CT molecular complexity index is 1340. The molecule has 0 spiro atoms. The third kappa shape index (κ3) is 4.44. The summed E-state index contributed by atoms with van der Waals surface area (Å²) >= 11 is 6.18. The van der Waals surface area contributed by atoms with Gasteiger partial charge in [-0.05, 0) is 29.3 Å². The van der Waals surface area contributed by atoms with E-state index in [0.717, 1.165) is 28.2 Å². The number of amides is 1. The molecule has 5 rings (SSSR count). The Balaban J connectivity index is 1.26. The highest BCUT2D eigenvalue weighted by molar-refractivity contribution is 6.31. The zero-order valence-electron chi connectivity index (χ0n) is 18.3. The molecule has 176 valence electrons. The van der Waals surface area contributed by atoms with Crippen molar-refractivity contribution in [1.82, 2.24) is 19.4 Å². The van der Waals surface area contributed by atoms with Gasteiger partial charge in [0.05, 0.1) is 6.54 Å². The van der Waals surface area contributed by atoms with E-state index >= 15 is 0 Å². The molecule has 3 heterocycles.